The quantitative estimate of drug-likeness (QED) is 0.872. The van der Waals surface area contributed by atoms with Gasteiger partial charge in [-0.2, -0.15) is 0 Å². The zero-order chi connectivity index (χ0) is 13.3. The molecule has 1 aliphatic rings. The van der Waals surface area contributed by atoms with E-state index in [2.05, 4.69) is 6.92 Å². The van der Waals surface area contributed by atoms with E-state index in [-0.39, 0.29) is 0 Å². The van der Waals surface area contributed by atoms with Gasteiger partial charge in [0, 0.05) is 12.0 Å². The van der Waals surface area contributed by atoms with Crippen molar-refractivity contribution < 1.29 is 13.9 Å². The van der Waals surface area contributed by atoms with Crippen molar-refractivity contribution in [2.24, 2.45) is 17.1 Å². The monoisotopic (exact) mass is 255 g/mol. The minimum atomic E-state index is -0.926. The highest BCUT2D eigenvalue weighted by Crippen LogP contribution is 2.49. The number of halogens is 2. The lowest BCUT2D eigenvalue weighted by Gasteiger charge is -2.33. The minimum absolute atomic E-state index is 0.359. The summed E-state index contributed by atoms with van der Waals surface area (Å²) in [5, 5.41) is 10.4. The van der Waals surface area contributed by atoms with Gasteiger partial charge in [-0.05, 0) is 36.5 Å². The lowest BCUT2D eigenvalue weighted by molar-refractivity contribution is 0.0305. The van der Waals surface area contributed by atoms with Crippen molar-refractivity contribution in [3.05, 3.63) is 35.4 Å². The van der Waals surface area contributed by atoms with Crippen molar-refractivity contribution in [2.75, 3.05) is 6.54 Å². The second kappa shape index (κ2) is 4.94. The number of hydrogen-bond donors (Lipinski definition) is 2. The molecule has 0 saturated heterocycles. The first-order valence-corrected chi connectivity index (χ1v) is 6.31. The molecule has 1 aromatic rings. The Bertz CT molecular complexity index is 438. The molecule has 0 heterocycles. The van der Waals surface area contributed by atoms with Crippen LogP contribution in [0.2, 0.25) is 0 Å². The number of aliphatic hydroxyl groups excluding tert-OH is 1. The molecule has 2 rings (SSSR count). The highest BCUT2D eigenvalue weighted by molar-refractivity contribution is 5.22. The Kier molecular flexibility index (Phi) is 3.69. The maximum Gasteiger partial charge on any atom is 0.159 e. The summed E-state index contributed by atoms with van der Waals surface area (Å²) in [5.74, 6) is -1.31. The first kappa shape index (κ1) is 13.4. The average Bonchev–Trinajstić information content (AvgIpc) is 2.75. The van der Waals surface area contributed by atoms with Gasteiger partial charge in [-0.1, -0.05) is 19.4 Å². The number of aliphatic hydroxyl groups is 1. The van der Waals surface area contributed by atoms with Crippen LogP contribution in [0.25, 0.3) is 0 Å². The minimum Gasteiger partial charge on any atom is -0.388 e. The summed E-state index contributed by atoms with van der Waals surface area (Å²) in [4.78, 5) is 0. The van der Waals surface area contributed by atoms with E-state index in [1.54, 1.807) is 0 Å². The van der Waals surface area contributed by atoms with Crippen LogP contribution >= 0.6 is 0 Å². The van der Waals surface area contributed by atoms with Crippen LogP contribution in [0.15, 0.2) is 18.2 Å². The lowest BCUT2D eigenvalue weighted by atomic mass is 9.77. The fraction of sp³-hybridized carbons (Fsp3) is 0.571. The van der Waals surface area contributed by atoms with Crippen molar-refractivity contribution in [1.82, 2.24) is 0 Å². The normalized spacial score (nSPS) is 29.5. The van der Waals surface area contributed by atoms with Gasteiger partial charge in [0.05, 0.1) is 6.10 Å². The van der Waals surface area contributed by atoms with Crippen molar-refractivity contribution in [3.8, 4) is 0 Å². The van der Waals surface area contributed by atoms with Crippen LogP contribution in [0, 0.1) is 23.0 Å². The molecule has 0 aliphatic heterocycles. The summed E-state index contributed by atoms with van der Waals surface area (Å²) in [6, 6.07) is 3.56. The van der Waals surface area contributed by atoms with E-state index in [1.807, 2.05) is 0 Å². The summed E-state index contributed by atoms with van der Waals surface area (Å²) in [5.41, 5.74) is 5.82. The summed E-state index contributed by atoms with van der Waals surface area (Å²) < 4.78 is 26.1. The van der Waals surface area contributed by atoms with Gasteiger partial charge >= 0.3 is 0 Å². The predicted molar refractivity (Wildman–Crippen MR) is 65.8 cm³/mol. The van der Waals surface area contributed by atoms with Gasteiger partial charge in [0.2, 0.25) is 0 Å². The molecule has 1 saturated carbocycles. The van der Waals surface area contributed by atoms with E-state index in [0.29, 0.717) is 18.0 Å². The Balaban J connectivity index is 2.29. The van der Waals surface area contributed by atoms with Crippen LogP contribution in [0.4, 0.5) is 8.78 Å². The van der Waals surface area contributed by atoms with Crippen LogP contribution in [0.5, 0.6) is 0 Å². The molecule has 3 atom stereocenters. The lowest BCUT2D eigenvalue weighted by Crippen LogP contribution is -2.34. The van der Waals surface area contributed by atoms with E-state index >= 15 is 0 Å². The van der Waals surface area contributed by atoms with Crippen LogP contribution in [0.1, 0.15) is 37.9 Å². The second-order valence-corrected chi connectivity index (χ2v) is 5.49. The summed E-state index contributed by atoms with van der Waals surface area (Å²) in [6.45, 7) is 2.48. The highest BCUT2D eigenvalue weighted by Gasteiger charge is 2.43. The molecule has 4 heteroatoms. The number of benzene rings is 1. The van der Waals surface area contributed by atoms with Crippen molar-refractivity contribution in [2.45, 2.75) is 32.3 Å². The Morgan fingerprint density at radius 1 is 1.44 bits per heavy atom. The largest absolute Gasteiger partial charge is 0.388 e. The van der Waals surface area contributed by atoms with Gasteiger partial charge in [-0.25, -0.2) is 8.78 Å². The van der Waals surface area contributed by atoms with E-state index in [0.717, 1.165) is 31.4 Å². The first-order chi connectivity index (χ1) is 8.48. The molecule has 100 valence electrons. The molecule has 0 spiro atoms. The zero-order valence-electron chi connectivity index (χ0n) is 10.5. The van der Waals surface area contributed by atoms with E-state index in [1.165, 1.54) is 6.07 Å². The zero-order valence-corrected chi connectivity index (χ0v) is 10.5. The maximum absolute atomic E-state index is 13.2. The van der Waals surface area contributed by atoms with Crippen LogP contribution < -0.4 is 5.73 Å². The predicted octanol–water partition coefficient (Wildman–Crippen LogP) is 2.76. The Morgan fingerprint density at radius 2 is 2.17 bits per heavy atom. The molecule has 18 heavy (non-hydrogen) atoms. The Hall–Kier alpha value is -1.00. The van der Waals surface area contributed by atoms with Crippen molar-refractivity contribution in [3.63, 3.8) is 0 Å². The number of hydrogen-bond acceptors (Lipinski definition) is 2. The van der Waals surface area contributed by atoms with E-state index < -0.39 is 23.2 Å². The molecule has 2 nitrogen and oxygen atoms in total. The van der Waals surface area contributed by atoms with Gasteiger partial charge < -0.3 is 10.8 Å². The fourth-order valence-electron chi connectivity index (χ4n) is 3.01. The molecule has 3 N–H and O–H groups in total. The highest BCUT2D eigenvalue weighted by atomic mass is 19.2. The molecule has 0 bridgehead atoms. The molecule has 1 aliphatic carbocycles. The average molecular weight is 255 g/mol. The third-order valence-corrected chi connectivity index (χ3v) is 4.14. The smallest absolute Gasteiger partial charge is 0.159 e. The van der Waals surface area contributed by atoms with E-state index in [4.69, 9.17) is 5.73 Å². The fourth-order valence-corrected chi connectivity index (χ4v) is 3.01. The van der Waals surface area contributed by atoms with Gasteiger partial charge in [0.15, 0.2) is 11.6 Å². The Labute approximate surface area is 106 Å². The SMILES string of the molecule is CC1CCC(CN)(C(O)c2ccc(F)c(F)c2)C1. The third-order valence-electron chi connectivity index (χ3n) is 4.14. The third kappa shape index (κ3) is 2.27. The van der Waals surface area contributed by atoms with Crippen LogP contribution in [-0.2, 0) is 0 Å². The topological polar surface area (TPSA) is 46.2 Å². The van der Waals surface area contributed by atoms with Crippen molar-refractivity contribution >= 4 is 0 Å². The van der Waals surface area contributed by atoms with Gasteiger partial charge in [-0.3, -0.25) is 0 Å². The van der Waals surface area contributed by atoms with E-state index in [9.17, 15) is 13.9 Å². The Morgan fingerprint density at radius 3 is 2.67 bits per heavy atom. The molecule has 0 radical (unpaired) electrons. The molecule has 3 unspecified atom stereocenters. The number of nitrogens with two attached hydrogens (primary N) is 1. The molecule has 1 aromatic carbocycles. The molecule has 0 aromatic heterocycles. The van der Waals surface area contributed by atoms with Crippen LogP contribution in [-0.4, -0.2) is 11.7 Å². The summed E-state index contributed by atoms with van der Waals surface area (Å²) in [7, 11) is 0. The first-order valence-electron chi connectivity index (χ1n) is 6.31. The molecule has 1 fully saturated rings. The summed E-state index contributed by atoms with van der Waals surface area (Å²) in [6.07, 6.45) is 1.83. The van der Waals surface area contributed by atoms with Gasteiger partial charge in [0.1, 0.15) is 0 Å². The summed E-state index contributed by atoms with van der Waals surface area (Å²) >= 11 is 0. The van der Waals surface area contributed by atoms with Gasteiger partial charge in [0.25, 0.3) is 0 Å². The molecule has 0 amide bonds. The maximum atomic E-state index is 13.2. The molecular weight excluding hydrogens is 236 g/mol. The second-order valence-electron chi connectivity index (χ2n) is 5.49. The van der Waals surface area contributed by atoms with Gasteiger partial charge in [-0.15, -0.1) is 0 Å². The standard InChI is InChI=1S/C14H19F2NO/c1-9-4-5-14(7-9,8-17)13(18)10-2-3-11(15)12(16)6-10/h2-3,6,9,13,18H,4-5,7-8,17H2,1H3. The van der Waals surface area contributed by atoms with Crippen molar-refractivity contribution in [1.29, 1.82) is 0 Å². The van der Waals surface area contributed by atoms with Crippen LogP contribution in [0.3, 0.4) is 0 Å². The number of rotatable bonds is 3. The molecular formula is C14H19F2NO.